The predicted octanol–water partition coefficient (Wildman–Crippen LogP) is 3.81. The summed E-state index contributed by atoms with van der Waals surface area (Å²) in [5, 5.41) is 13.0. The van der Waals surface area contributed by atoms with Crippen molar-refractivity contribution in [2.45, 2.75) is 26.2 Å². The minimum atomic E-state index is -0.0521. The lowest BCUT2D eigenvalue weighted by atomic mass is 9.78. The molecule has 3 aromatic rings. The van der Waals surface area contributed by atoms with Crippen LogP contribution in [0.1, 0.15) is 41.0 Å². The zero-order chi connectivity index (χ0) is 22.8. The number of benzene rings is 1. The molecular formula is C25H27N5O2S. The van der Waals surface area contributed by atoms with Crippen LogP contribution in [-0.4, -0.2) is 62.8 Å². The number of hydrogen-bond acceptors (Lipinski definition) is 5. The maximum absolute atomic E-state index is 13.2. The summed E-state index contributed by atoms with van der Waals surface area (Å²) >= 11 is 1.62. The molecule has 5 rings (SSSR count). The van der Waals surface area contributed by atoms with Crippen molar-refractivity contribution in [3.63, 3.8) is 0 Å². The zero-order valence-corrected chi connectivity index (χ0v) is 19.5. The number of nitrogens with zero attached hydrogens (tertiary/aromatic N) is 5. The van der Waals surface area contributed by atoms with Crippen molar-refractivity contribution >= 4 is 29.2 Å². The molecule has 0 radical (unpaired) electrons. The van der Waals surface area contributed by atoms with Crippen LogP contribution in [0.25, 0.3) is 11.8 Å². The molecule has 4 heterocycles. The second kappa shape index (κ2) is 8.94. The molecule has 0 atom stereocenters. The van der Waals surface area contributed by atoms with E-state index in [9.17, 15) is 9.59 Å². The average molecular weight is 462 g/mol. The van der Waals surface area contributed by atoms with Crippen LogP contribution < -0.4 is 0 Å². The number of likely N-dealkylation sites (tertiary alicyclic amines) is 2. The van der Waals surface area contributed by atoms with Crippen molar-refractivity contribution in [3.8, 4) is 5.69 Å². The largest absolute Gasteiger partial charge is 0.339 e. The first-order chi connectivity index (χ1) is 16.0. The molecule has 8 heteroatoms. The van der Waals surface area contributed by atoms with Gasteiger partial charge < -0.3 is 9.80 Å². The minimum Gasteiger partial charge on any atom is -0.339 e. The predicted molar refractivity (Wildman–Crippen MR) is 128 cm³/mol. The number of hydrogen-bond donors (Lipinski definition) is 0. The molecule has 33 heavy (non-hydrogen) atoms. The van der Waals surface area contributed by atoms with E-state index in [0.717, 1.165) is 56.7 Å². The standard InChI is InChI=1S/C25H27N5O2S/c1-19-23(27-30(26-19)21-5-3-2-4-6-21)24(32)29-15-12-25(18-29)10-13-28(14-11-25)22(31)8-7-20-9-16-33-17-20/h2-9,16-17H,10-15,18H2,1H3/b8-7+. The highest BCUT2D eigenvalue weighted by atomic mass is 32.1. The Bertz CT molecular complexity index is 1160. The highest BCUT2D eigenvalue weighted by Crippen LogP contribution is 2.40. The van der Waals surface area contributed by atoms with Crippen LogP contribution in [0, 0.1) is 12.3 Å². The van der Waals surface area contributed by atoms with Gasteiger partial charge in [-0.1, -0.05) is 18.2 Å². The number of piperidine rings is 1. The van der Waals surface area contributed by atoms with Gasteiger partial charge in [-0.2, -0.15) is 21.2 Å². The lowest BCUT2D eigenvalue weighted by Gasteiger charge is -2.38. The smallest absolute Gasteiger partial charge is 0.276 e. The lowest BCUT2D eigenvalue weighted by molar-refractivity contribution is -0.128. The molecule has 0 saturated carbocycles. The van der Waals surface area contributed by atoms with Crippen LogP contribution in [0.5, 0.6) is 0 Å². The lowest BCUT2D eigenvalue weighted by Crippen LogP contribution is -2.44. The van der Waals surface area contributed by atoms with Crippen LogP contribution in [0.2, 0.25) is 0 Å². The molecule has 2 aromatic heterocycles. The molecule has 2 fully saturated rings. The quantitative estimate of drug-likeness (QED) is 0.554. The molecule has 7 nitrogen and oxygen atoms in total. The van der Waals surface area contributed by atoms with E-state index in [4.69, 9.17) is 0 Å². The summed E-state index contributed by atoms with van der Waals surface area (Å²) in [5.74, 6) is 0.0129. The third kappa shape index (κ3) is 4.48. The van der Waals surface area contributed by atoms with E-state index in [1.165, 1.54) is 4.80 Å². The maximum atomic E-state index is 13.2. The monoisotopic (exact) mass is 461 g/mol. The molecule has 2 aliphatic rings. The molecule has 0 bridgehead atoms. The third-order valence-electron chi connectivity index (χ3n) is 6.79. The second-order valence-corrected chi connectivity index (χ2v) is 9.73. The van der Waals surface area contributed by atoms with Crippen LogP contribution in [0.15, 0.2) is 53.2 Å². The Hall–Kier alpha value is -3.26. The first-order valence-electron chi connectivity index (χ1n) is 11.3. The van der Waals surface area contributed by atoms with Gasteiger partial charge in [0, 0.05) is 32.3 Å². The van der Waals surface area contributed by atoms with Crippen molar-refractivity contribution in [3.05, 3.63) is 70.2 Å². The Kier molecular flexibility index (Phi) is 5.85. The fourth-order valence-electron chi connectivity index (χ4n) is 4.76. The van der Waals surface area contributed by atoms with E-state index < -0.39 is 0 Å². The first kappa shape index (κ1) is 21.6. The molecule has 2 saturated heterocycles. The van der Waals surface area contributed by atoms with E-state index >= 15 is 0 Å². The third-order valence-corrected chi connectivity index (χ3v) is 7.50. The molecule has 2 amide bonds. The summed E-state index contributed by atoms with van der Waals surface area (Å²) < 4.78 is 0. The Morgan fingerprint density at radius 3 is 2.42 bits per heavy atom. The van der Waals surface area contributed by atoms with Crippen LogP contribution in [0.3, 0.4) is 0 Å². The number of carbonyl (C=O) groups is 2. The van der Waals surface area contributed by atoms with Gasteiger partial charge in [-0.05, 0) is 72.2 Å². The summed E-state index contributed by atoms with van der Waals surface area (Å²) in [4.78, 5) is 31.2. The van der Waals surface area contributed by atoms with Gasteiger partial charge in [-0.3, -0.25) is 9.59 Å². The van der Waals surface area contributed by atoms with Gasteiger partial charge in [0.1, 0.15) is 0 Å². The fourth-order valence-corrected chi connectivity index (χ4v) is 5.39. The molecule has 1 spiro atoms. The van der Waals surface area contributed by atoms with E-state index in [1.807, 2.05) is 70.0 Å². The van der Waals surface area contributed by atoms with Crippen LogP contribution in [-0.2, 0) is 4.79 Å². The van der Waals surface area contributed by atoms with Crippen molar-refractivity contribution < 1.29 is 9.59 Å². The number of carbonyl (C=O) groups excluding carboxylic acids is 2. The molecule has 2 aliphatic heterocycles. The van der Waals surface area contributed by atoms with Crippen molar-refractivity contribution in [2.24, 2.45) is 5.41 Å². The van der Waals surface area contributed by atoms with E-state index in [-0.39, 0.29) is 17.2 Å². The van der Waals surface area contributed by atoms with Crippen LogP contribution in [0.4, 0.5) is 0 Å². The summed E-state index contributed by atoms with van der Waals surface area (Å²) in [6.45, 7) is 4.74. The topological polar surface area (TPSA) is 71.3 Å². The first-order valence-corrected chi connectivity index (χ1v) is 12.3. The number of rotatable bonds is 4. The SMILES string of the molecule is Cc1nn(-c2ccccc2)nc1C(=O)N1CCC2(CCN(C(=O)/C=C/c3ccsc3)CC2)C1. The van der Waals surface area contributed by atoms with Gasteiger partial charge in [0.25, 0.3) is 5.91 Å². The van der Waals surface area contributed by atoms with E-state index in [2.05, 4.69) is 10.2 Å². The highest BCUT2D eigenvalue weighted by Gasteiger charge is 2.43. The Balaban J connectivity index is 1.20. The second-order valence-electron chi connectivity index (χ2n) is 8.95. The summed E-state index contributed by atoms with van der Waals surface area (Å²) in [6, 6.07) is 11.6. The van der Waals surface area contributed by atoms with Gasteiger partial charge >= 0.3 is 0 Å². The average Bonchev–Trinajstić information content (AvgIpc) is 3.59. The van der Waals surface area contributed by atoms with E-state index in [0.29, 0.717) is 11.4 Å². The Labute approximate surface area is 197 Å². The number of para-hydroxylation sites is 1. The number of amides is 2. The maximum Gasteiger partial charge on any atom is 0.276 e. The number of aromatic nitrogens is 3. The van der Waals surface area contributed by atoms with Gasteiger partial charge in [-0.25, -0.2) is 0 Å². The number of aryl methyl sites for hydroxylation is 1. The molecule has 1 aromatic carbocycles. The minimum absolute atomic E-state index is 0.0521. The van der Waals surface area contributed by atoms with Gasteiger partial charge in [0.2, 0.25) is 5.91 Å². The van der Waals surface area contributed by atoms with Crippen molar-refractivity contribution in [1.29, 1.82) is 0 Å². The Morgan fingerprint density at radius 1 is 1.00 bits per heavy atom. The zero-order valence-electron chi connectivity index (χ0n) is 18.7. The molecule has 0 N–H and O–H groups in total. The normalized spacial score (nSPS) is 17.8. The Morgan fingerprint density at radius 2 is 1.73 bits per heavy atom. The summed E-state index contributed by atoms with van der Waals surface area (Å²) in [5.41, 5.74) is 3.05. The molecular weight excluding hydrogens is 434 g/mol. The fraction of sp³-hybridized carbons (Fsp3) is 0.360. The van der Waals surface area contributed by atoms with E-state index in [1.54, 1.807) is 17.4 Å². The summed E-state index contributed by atoms with van der Waals surface area (Å²) in [7, 11) is 0. The molecule has 170 valence electrons. The highest BCUT2D eigenvalue weighted by molar-refractivity contribution is 7.08. The molecule has 0 aliphatic carbocycles. The molecule has 0 unspecified atom stereocenters. The van der Waals surface area contributed by atoms with Gasteiger partial charge in [0.05, 0.1) is 11.4 Å². The van der Waals surface area contributed by atoms with Crippen molar-refractivity contribution in [2.75, 3.05) is 26.2 Å². The van der Waals surface area contributed by atoms with Gasteiger partial charge in [-0.15, -0.1) is 5.10 Å². The number of thiophene rings is 1. The summed E-state index contributed by atoms with van der Waals surface area (Å²) in [6.07, 6.45) is 6.36. The van der Waals surface area contributed by atoms with Gasteiger partial charge in [0.15, 0.2) is 5.69 Å². The van der Waals surface area contributed by atoms with Crippen LogP contribution >= 0.6 is 11.3 Å². The van der Waals surface area contributed by atoms with Crippen molar-refractivity contribution in [1.82, 2.24) is 24.8 Å².